The fraction of sp³-hybridized carbons (Fsp3) is 0.400. The maximum absolute atomic E-state index is 2.37. The van der Waals surface area contributed by atoms with E-state index in [-0.39, 0.29) is 10.8 Å². The summed E-state index contributed by atoms with van der Waals surface area (Å²) in [4.78, 5) is 2.85. The Morgan fingerprint density at radius 3 is 1.77 bits per heavy atom. The Bertz CT molecular complexity index is 755. The third kappa shape index (κ3) is 3.00. The lowest BCUT2D eigenvalue weighted by atomic mass is 9.86. The third-order valence-corrected chi connectivity index (χ3v) is 6.75. The molecule has 3 aromatic rings. The van der Waals surface area contributed by atoms with Crippen LogP contribution in [0.15, 0.2) is 36.4 Å². The van der Waals surface area contributed by atoms with Crippen LogP contribution in [-0.2, 0) is 10.8 Å². The van der Waals surface area contributed by atoms with Crippen molar-refractivity contribution >= 4 is 32.1 Å². The molecule has 0 spiro atoms. The summed E-state index contributed by atoms with van der Waals surface area (Å²) >= 11 is 3.85. The normalized spacial score (nSPS) is 13.0. The lowest BCUT2D eigenvalue weighted by Crippen LogP contribution is -2.10. The van der Waals surface area contributed by atoms with Crippen LogP contribution in [0.3, 0.4) is 0 Å². The van der Waals surface area contributed by atoms with Crippen molar-refractivity contribution in [2.45, 2.75) is 52.4 Å². The van der Waals surface area contributed by atoms with Crippen molar-refractivity contribution in [1.82, 2.24) is 0 Å². The molecule has 0 N–H and O–H groups in total. The van der Waals surface area contributed by atoms with Gasteiger partial charge in [0.25, 0.3) is 0 Å². The predicted octanol–water partition coefficient (Wildman–Crippen LogP) is 7.22. The molecular weight excluding hydrogens is 304 g/mol. The zero-order valence-electron chi connectivity index (χ0n) is 14.3. The fourth-order valence-electron chi connectivity index (χ4n) is 2.48. The quantitative estimate of drug-likeness (QED) is 0.442. The molecule has 3 rings (SSSR count). The molecule has 0 atom stereocenters. The second kappa shape index (κ2) is 5.21. The Morgan fingerprint density at radius 2 is 1.27 bits per heavy atom. The molecule has 0 nitrogen and oxygen atoms in total. The van der Waals surface area contributed by atoms with Crippen molar-refractivity contribution in [3.05, 3.63) is 46.8 Å². The molecule has 0 unspecified atom stereocenters. The van der Waals surface area contributed by atoms with Crippen molar-refractivity contribution in [2.24, 2.45) is 0 Å². The van der Waals surface area contributed by atoms with Crippen molar-refractivity contribution in [2.75, 3.05) is 0 Å². The van der Waals surface area contributed by atoms with Gasteiger partial charge in [0.15, 0.2) is 0 Å². The van der Waals surface area contributed by atoms with Gasteiger partial charge in [-0.25, -0.2) is 0 Å². The van der Waals surface area contributed by atoms with Crippen LogP contribution in [0.2, 0.25) is 0 Å². The minimum Gasteiger partial charge on any atom is -0.139 e. The smallest absolute Gasteiger partial charge is 0.0460 e. The average molecular weight is 329 g/mol. The first-order valence-electron chi connectivity index (χ1n) is 7.79. The number of fused-ring (bicyclic) bond motifs is 1. The van der Waals surface area contributed by atoms with Crippen LogP contribution in [0.1, 0.15) is 52.0 Å². The molecule has 0 bridgehead atoms. The second-order valence-corrected chi connectivity index (χ2v) is 10.2. The highest BCUT2D eigenvalue weighted by atomic mass is 32.1. The summed E-state index contributed by atoms with van der Waals surface area (Å²) in [5, 5.41) is 0. The van der Waals surface area contributed by atoms with Crippen LogP contribution in [0, 0.1) is 0 Å². The van der Waals surface area contributed by atoms with Crippen LogP contribution >= 0.6 is 22.7 Å². The van der Waals surface area contributed by atoms with E-state index >= 15 is 0 Å². The Morgan fingerprint density at radius 1 is 0.682 bits per heavy atom. The molecule has 0 aliphatic heterocycles. The van der Waals surface area contributed by atoms with E-state index in [1.165, 1.54) is 30.3 Å². The van der Waals surface area contributed by atoms with Crippen molar-refractivity contribution < 1.29 is 0 Å². The van der Waals surface area contributed by atoms with Gasteiger partial charge in [0.1, 0.15) is 0 Å². The topological polar surface area (TPSA) is 0 Å². The predicted molar refractivity (Wildman–Crippen MR) is 103 cm³/mol. The van der Waals surface area contributed by atoms with Gasteiger partial charge in [0.2, 0.25) is 0 Å². The van der Waals surface area contributed by atoms with E-state index in [4.69, 9.17) is 0 Å². The van der Waals surface area contributed by atoms with E-state index in [2.05, 4.69) is 77.9 Å². The van der Waals surface area contributed by atoms with Gasteiger partial charge < -0.3 is 0 Å². The highest BCUT2D eigenvalue weighted by molar-refractivity contribution is 7.29. The maximum Gasteiger partial charge on any atom is 0.0460 e. The molecule has 2 heterocycles. The van der Waals surface area contributed by atoms with Gasteiger partial charge >= 0.3 is 0 Å². The average Bonchev–Trinajstić information content (AvgIpc) is 2.95. The Kier molecular flexibility index (Phi) is 3.73. The number of hydrogen-bond acceptors (Lipinski definition) is 2. The van der Waals surface area contributed by atoms with Crippen molar-refractivity contribution in [3.8, 4) is 10.4 Å². The van der Waals surface area contributed by atoms with Crippen molar-refractivity contribution in [1.29, 1.82) is 0 Å². The molecule has 0 saturated heterocycles. The lowest BCUT2D eigenvalue weighted by molar-refractivity contribution is 0.590. The number of benzene rings is 1. The molecular formula is C20H24S2. The summed E-state index contributed by atoms with van der Waals surface area (Å²) in [6.45, 7) is 13.6. The lowest BCUT2D eigenvalue weighted by Gasteiger charge is -2.19. The number of thiophene rings is 2. The highest BCUT2D eigenvalue weighted by Crippen LogP contribution is 2.41. The Balaban J connectivity index is 1.95. The number of hydrogen-bond donors (Lipinski definition) is 0. The van der Waals surface area contributed by atoms with Crippen LogP contribution in [0.4, 0.5) is 0 Å². The molecule has 0 aliphatic carbocycles. The molecule has 0 fully saturated rings. The zero-order chi connectivity index (χ0) is 16.1. The van der Waals surface area contributed by atoms with E-state index in [9.17, 15) is 0 Å². The van der Waals surface area contributed by atoms with Gasteiger partial charge in [0, 0.05) is 19.2 Å². The summed E-state index contributed by atoms with van der Waals surface area (Å²) < 4.78 is 2.84. The highest BCUT2D eigenvalue weighted by Gasteiger charge is 2.18. The van der Waals surface area contributed by atoms with Crippen molar-refractivity contribution in [3.63, 3.8) is 0 Å². The first-order chi connectivity index (χ1) is 10.1. The molecule has 116 valence electrons. The standard InChI is InChI=1S/C20H24S2/c1-19(2,3)14-9-7-13(8-10-14)15-11-16-17(21-15)12-18(22-16)20(4,5)6/h7-12H,1-6H3. The van der Waals surface area contributed by atoms with Crippen LogP contribution in [0.25, 0.3) is 19.8 Å². The molecule has 2 aromatic heterocycles. The van der Waals surface area contributed by atoms with E-state index in [0.717, 1.165) is 0 Å². The summed E-state index contributed by atoms with van der Waals surface area (Å²) in [6.07, 6.45) is 0. The molecule has 0 saturated carbocycles. The first-order valence-corrected chi connectivity index (χ1v) is 9.43. The monoisotopic (exact) mass is 328 g/mol. The number of rotatable bonds is 1. The van der Waals surface area contributed by atoms with Gasteiger partial charge in [-0.15, -0.1) is 22.7 Å². The molecule has 1 aromatic carbocycles. The summed E-state index contributed by atoms with van der Waals surface area (Å²) in [5.41, 5.74) is 3.19. The third-order valence-electron chi connectivity index (χ3n) is 3.98. The molecule has 22 heavy (non-hydrogen) atoms. The molecule has 0 radical (unpaired) electrons. The van der Waals surface area contributed by atoms with E-state index in [1.807, 2.05) is 22.7 Å². The summed E-state index contributed by atoms with van der Waals surface area (Å²) in [6, 6.07) is 13.8. The van der Waals surface area contributed by atoms with Crippen LogP contribution < -0.4 is 0 Å². The minimum atomic E-state index is 0.218. The summed E-state index contributed by atoms with van der Waals surface area (Å²) in [7, 11) is 0. The van der Waals surface area contributed by atoms with Gasteiger partial charge in [-0.05, 0) is 34.1 Å². The van der Waals surface area contributed by atoms with Crippen LogP contribution in [0.5, 0.6) is 0 Å². The largest absolute Gasteiger partial charge is 0.139 e. The molecule has 0 aliphatic rings. The van der Waals surface area contributed by atoms with Gasteiger partial charge in [-0.3, -0.25) is 0 Å². The van der Waals surface area contributed by atoms with E-state index < -0.39 is 0 Å². The molecule has 0 amide bonds. The van der Waals surface area contributed by atoms with Gasteiger partial charge in [0.05, 0.1) is 0 Å². The summed E-state index contributed by atoms with van der Waals surface area (Å²) in [5.74, 6) is 0. The van der Waals surface area contributed by atoms with Crippen LogP contribution in [-0.4, -0.2) is 0 Å². The molecule has 2 heteroatoms. The van der Waals surface area contributed by atoms with E-state index in [1.54, 1.807) is 0 Å². The Hall–Kier alpha value is -1.12. The maximum atomic E-state index is 2.37. The van der Waals surface area contributed by atoms with E-state index in [0.29, 0.717) is 0 Å². The van der Waals surface area contributed by atoms with Gasteiger partial charge in [-0.1, -0.05) is 65.8 Å². The SMILES string of the molecule is CC(C)(C)c1ccc(-c2cc3sc(C(C)(C)C)cc3s2)cc1. The second-order valence-electron chi connectivity index (χ2n) is 8.03. The minimum absolute atomic E-state index is 0.218. The Labute approximate surface area is 141 Å². The van der Waals surface area contributed by atoms with Gasteiger partial charge in [-0.2, -0.15) is 0 Å². The fourth-order valence-corrected chi connectivity index (χ4v) is 4.94. The zero-order valence-corrected chi connectivity index (χ0v) is 15.9. The first kappa shape index (κ1) is 15.8.